The lowest BCUT2D eigenvalue weighted by Crippen LogP contribution is -2.28. The minimum absolute atomic E-state index is 0.310. The molecule has 0 aliphatic rings. The molecule has 0 amide bonds. The average molecular weight is 457 g/mol. The molecule has 8 heteroatoms. The van der Waals surface area contributed by atoms with Crippen LogP contribution in [0.15, 0.2) is 30.3 Å². The van der Waals surface area contributed by atoms with E-state index in [1.807, 2.05) is 48.9 Å². The van der Waals surface area contributed by atoms with Crippen LogP contribution in [0.3, 0.4) is 0 Å². The van der Waals surface area contributed by atoms with E-state index in [9.17, 15) is 4.79 Å². The number of carbonyl (C=O) groups excluding carboxylic acids is 1. The third-order valence-corrected chi connectivity index (χ3v) is 6.38. The molecule has 3 rings (SSSR count). The number of benzene rings is 1. The summed E-state index contributed by atoms with van der Waals surface area (Å²) in [5.41, 5.74) is 5.62. The largest absolute Gasteiger partial charge is 0.462 e. The Hall–Kier alpha value is -2.71. The maximum atomic E-state index is 12.8. The van der Waals surface area contributed by atoms with Gasteiger partial charge in [0.05, 0.1) is 12.3 Å². The third kappa shape index (κ3) is 4.97. The highest BCUT2D eigenvalue weighted by Gasteiger charge is 2.25. The van der Waals surface area contributed by atoms with Gasteiger partial charge in [0.25, 0.3) is 0 Å². The molecule has 2 N–H and O–H groups in total. The van der Waals surface area contributed by atoms with Crippen LogP contribution in [0.1, 0.15) is 46.0 Å². The van der Waals surface area contributed by atoms with Crippen molar-refractivity contribution < 1.29 is 9.53 Å². The number of hydrogen-bond acceptors (Lipinski definition) is 5. The molecule has 0 saturated carbocycles. The van der Waals surface area contributed by atoms with Gasteiger partial charge < -0.3 is 15.4 Å². The topological polar surface area (TPSA) is 68.2 Å². The second kappa shape index (κ2) is 10.1. The SMILES string of the molecule is CCOC(=O)c1c(NC(=S)NCc2c(C)nn(CC)c2C)sc(C)c1-c1ccccc1. The standard InChI is InChI=1S/C23H28N4O2S2/c1-6-27-15(4)18(14(3)26-27)13-24-23(30)25-21-20(22(28)29-7-2)19(16(5)31-21)17-11-9-8-10-12-17/h8-12H,6-7,13H2,1-5H3,(H2,24,25,30). The van der Waals surface area contributed by atoms with Crippen molar-refractivity contribution in [2.75, 3.05) is 11.9 Å². The Kier molecular flexibility index (Phi) is 7.46. The van der Waals surface area contributed by atoms with Crippen LogP contribution in [0.5, 0.6) is 0 Å². The van der Waals surface area contributed by atoms with E-state index in [-0.39, 0.29) is 5.97 Å². The number of anilines is 1. The van der Waals surface area contributed by atoms with Crippen molar-refractivity contribution in [2.45, 2.75) is 47.7 Å². The Balaban J connectivity index is 1.85. The van der Waals surface area contributed by atoms with Crippen molar-refractivity contribution in [3.05, 3.63) is 57.7 Å². The first kappa shape index (κ1) is 23.0. The Morgan fingerprint density at radius 2 is 1.90 bits per heavy atom. The highest BCUT2D eigenvalue weighted by atomic mass is 32.1. The number of aromatic nitrogens is 2. The van der Waals surface area contributed by atoms with Gasteiger partial charge in [-0.1, -0.05) is 30.3 Å². The molecular formula is C23H28N4O2S2. The zero-order valence-electron chi connectivity index (χ0n) is 18.5. The van der Waals surface area contributed by atoms with Gasteiger partial charge in [0.1, 0.15) is 10.6 Å². The summed E-state index contributed by atoms with van der Waals surface area (Å²) in [6.07, 6.45) is 0. The van der Waals surface area contributed by atoms with Crippen LogP contribution in [0.4, 0.5) is 5.00 Å². The monoisotopic (exact) mass is 456 g/mol. The average Bonchev–Trinajstić information content (AvgIpc) is 3.22. The molecule has 0 radical (unpaired) electrons. The lowest BCUT2D eigenvalue weighted by atomic mass is 10.0. The van der Waals surface area contributed by atoms with Crippen molar-refractivity contribution in [1.29, 1.82) is 0 Å². The smallest absolute Gasteiger partial charge is 0.341 e. The van der Waals surface area contributed by atoms with Gasteiger partial charge in [-0.05, 0) is 52.4 Å². The van der Waals surface area contributed by atoms with Crippen LogP contribution in [0.25, 0.3) is 11.1 Å². The van der Waals surface area contributed by atoms with Crippen molar-refractivity contribution in [1.82, 2.24) is 15.1 Å². The molecule has 0 aliphatic heterocycles. The van der Waals surface area contributed by atoms with Gasteiger partial charge in [0.2, 0.25) is 0 Å². The summed E-state index contributed by atoms with van der Waals surface area (Å²) < 4.78 is 7.34. The molecule has 0 aliphatic carbocycles. The highest BCUT2D eigenvalue weighted by molar-refractivity contribution is 7.80. The fourth-order valence-corrected chi connectivity index (χ4v) is 4.90. The number of esters is 1. The van der Waals surface area contributed by atoms with Crippen LogP contribution >= 0.6 is 23.6 Å². The molecular weight excluding hydrogens is 428 g/mol. The van der Waals surface area contributed by atoms with Crippen molar-refractivity contribution in [2.24, 2.45) is 0 Å². The molecule has 3 aromatic rings. The summed E-state index contributed by atoms with van der Waals surface area (Å²) in [4.78, 5) is 13.9. The molecule has 6 nitrogen and oxygen atoms in total. The number of thiophene rings is 1. The highest BCUT2D eigenvalue weighted by Crippen LogP contribution is 2.40. The number of nitrogens with one attached hydrogen (secondary N) is 2. The molecule has 0 saturated heterocycles. The number of thiocarbonyl (C=S) groups is 1. The van der Waals surface area contributed by atoms with Crippen LogP contribution < -0.4 is 10.6 Å². The number of carbonyl (C=O) groups is 1. The Morgan fingerprint density at radius 3 is 2.52 bits per heavy atom. The lowest BCUT2D eigenvalue weighted by Gasteiger charge is -2.12. The van der Waals surface area contributed by atoms with Gasteiger partial charge in [-0.2, -0.15) is 5.10 Å². The molecule has 31 heavy (non-hydrogen) atoms. The molecule has 1 aromatic carbocycles. The molecule has 0 bridgehead atoms. The minimum atomic E-state index is -0.355. The first-order valence-electron chi connectivity index (χ1n) is 10.3. The number of hydrogen-bond donors (Lipinski definition) is 2. The summed E-state index contributed by atoms with van der Waals surface area (Å²) in [6, 6.07) is 9.87. The molecule has 0 spiro atoms. The van der Waals surface area contributed by atoms with Gasteiger partial charge in [-0.15, -0.1) is 11.3 Å². The van der Waals surface area contributed by atoms with E-state index in [4.69, 9.17) is 17.0 Å². The number of ether oxygens (including phenoxy) is 1. The molecule has 0 unspecified atom stereocenters. The molecule has 0 fully saturated rings. The van der Waals surface area contributed by atoms with Crippen molar-refractivity contribution in [3.8, 4) is 11.1 Å². The molecule has 2 heterocycles. The summed E-state index contributed by atoms with van der Waals surface area (Å²) in [5, 5.41) is 12.2. The van der Waals surface area contributed by atoms with Crippen LogP contribution in [0, 0.1) is 20.8 Å². The minimum Gasteiger partial charge on any atom is -0.462 e. The molecule has 2 aromatic heterocycles. The summed E-state index contributed by atoms with van der Waals surface area (Å²) >= 11 is 7.04. The Morgan fingerprint density at radius 1 is 1.19 bits per heavy atom. The zero-order valence-corrected chi connectivity index (χ0v) is 20.2. The van der Waals surface area contributed by atoms with Crippen molar-refractivity contribution in [3.63, 3.8) is 0 Å². The second-order valence-corrected chi connectivity index (χ2v) is 8.73. The predicted molar refractivity (Wildman–Crippen MR) is 131 cm³/mol. The maximum Gasteiger partial charge on any atom is 0.341 e. The summed E-state index contributed by atoms with van der Waals surface area (Å²) in [5.74, 6) is -0.355. The molecule has 0 atom stereocenters. The van der Waals surface area contributed by atoms with Crippen LogP contribution in [-0.4, -0.2) is 27.5 Å². The number of rotatable bonds is 7. The van der Waals surface area contributed by atoms with E-state index in [1.54, 1.807) is 6.92 Å². The first-order valence-corrected chi connectivity index (χ1v) is 11.5. The fraction of sp³-hybridized carbons (Fsp3) is 0.348. The maximum absolute atomic E-state index is 12.8. The second-order valence-electron chi connectivity index (χ2n) is 7.10. The van der Waals surface area contributed by atoms with E-state index in [1.165, 1.54) is 11.3 Å². The lowest BCUT2D eigenvalue weighted by molar-refractivity contribution is 0.0529. The van der Waals surface area contributed by atoms with E-state index in [0.29, 0.717) is 28.8 Å². The predicted octanol–water partition coefficient (Wildman–Crippen LogP) is 5.22. The fourth-order valence-electron chi connectivity index (χ4n) is 3.60. The van der Waals surface area contributed by atoms with Gasteiger partial charge in [-0.3, -0.25) is 4.68 Å². The van der Waals surface area contributed by atoms with Crippen molar-refractivity contribution >= 4 is 39.6 Å². The van der Waals surface area contributed by atoms with Crippen LogP contribution in [0.2, 0.25) is 0 Å². The Labute approximate surface area is 192 Å². The van der Waals surface area contributed by atoms with Gasteiger partial charge in [0, 0.05) is 34.8 Å². The van der Waals surface area contributed by atoms with E-state index in [2.05, 4.69) is 29.6 Å². The zero-order chi connectivity index (χ0) is 22.5. The van der Waals surface area contributed by atoms with E-state index >= 15 is 0 Å². The first-order chi connectivity index (χ1) is 14.9. The van der Waals surface area contributed by atoms with Gasteiger partial charge in [-0.25, -0.2) is 4.79 Å². The van der Waals surface area contributed by atoms with E-state index in [0.717, 1.165) is 39.5 Å². The Bertz CT molecular complexity index is 1090. The van der Waals surface area contributed by atoms with Gasteiger partial charge >= 0.3 is 5.97 Å². The normalized spacial score (nSPS) is 10.7. The third-order valence-electron chi connectivity index (χ3n) is 5.11. The number of nitrogens with zero attached hydrogens (tertiary/aromatic N) is 2. The quantitative estimate of drug-likeness (QED) is 0.375. The van der Waals surface area contributed by atoms with Gasteiger partial charge in [0.15, 0.2) is 5.11 Å². The summed E-state index contributed by atoms with van der Waals surface area (Å²) in [7, 11) is 0. The summed E-state index contributed by atoms with van der Waals surface area (Å²) in [6.45, 7) is 11.6. The van der Waals surface area contributed by atoms with Crippen LogP contribution in [-0.2, 0) is 17.8 Å². The molecule has 164 valence electrons. The van der Waals surface area contributed by atoms with E-state index < -0.39 is 0 Å². The number of aryl methyl sites for hydroxylation is 3.